The van der Waals surface area contributed by atoms with Crippen LogP contribution in [0.4, 0.5) is 4.39 Å². The van der Waals surface area contributed by atoms with Crippen LogP contribution in [0.5, 0.6) is 17.8 Å². The molecule has 100 valence electrons. The van der Waals surface area contributed by atoms with Crippen molar-refractivity contribution in [1.29, 1.82) is 0 Å². The molecule has 0 amide bonds. The maximum atomic E-state index is 13.5. The highest BCUT2D eigenvalue weighted by Crippen LogP contribution is 2.26. The molecule has 0 spiro atoms. The minimum absolute atomic E-state index is 0.0212. The van der Waals surface area contributed by atoms with E-state index in [9.17, 15) is 4.39 Å². The number of ether oxygens (including phenoxy) is 2. The van der Waals surface area contributed by atoms with Gasteiger partial charge >= 0.3 is 12.0 Å². The molecule has 1 aromatic heterocycles. The Kier molecular flexibility index (Phi) is 4.49. The maximum absolute atomic E-state index is 13.5. The smallest absolute Gasteiger partial charge is 0.329 e. The van der Waals surface area contributed by atoms with Crippen LogP contribution in [-0.4, -0.2) is 21.6 Å². The molecule has 0 fully saturated rings. The lowest BCUT2D eigenvalue weighted by Crippen LogP contribution is -2.02. The van der Waals surface area contributed by atoms with Gasteiger partial charge in [-0.3, -0.25) is 0 Å². The molecular formula is C11H8BrClFN3O2. The summed E-state index contributed by atoms with van der Waals surface area (Å²) in [7, 11) is 0. The maximum Gasteiger partial charge on any atom is 0.329 e. The Morgan fingerprint density at radius 2 is 2.00 bits per heavy atom. The highest BCUT2D eigenvalue weighted by molar-refractivity contribution is 9.10. The fourth-order valence-electron chi connectivity index (χ4n) is 1.21. The summed E-state index contributed by atoms with van der Waals surface area (Å²) in [6.45, 7) is 2.14. The number of aromatic nitrogens is 3. The third kappa shape index (κ3) is 3.74. The van der Waals surface area contributed by atoms with Crippen molar-refractivity contribution >= 4 is 27.5 Å². The zero-order valence-corrected chi connectivity index (χ0v) is 12.1. The molecule has 2 rings (SSSR count). The molecule has 0 atom stereocenters. The first-order valence-electron chi connectivity index (χ1n) is 5.25. The van der Waals surface area contributed by atoms with Crippen molar-refractivity contribution in [3.05, 3.63) is 33.8 Å². The van der Waals surface area contributed by atoms with Crippen molar-refractivity contribution in [2.24, 2.45) is 0 Å². The Bertz CT molecular complexity index is 600. The van der Waals surface area contributed by atoms with E-state index in [1.807, 2.05) is 0 Å². The fourth-order valence-corrected chi connectivity index (χ4v) is 1.69. The number of nitrogens with zero attached hydrogens (tertiary/aromatic N) is 3. The summed E-state index contributed by atoms with van der Waals surface area (Å²) in [6, 6.07) is 4.14. The summed E-state index contributed by atoms with van der Waals surface area (Å²) in [4.78, 5) is 11.3. The van der Waals surface area contributed by atoms with Gasteiger partial charge in [0.25, 0.3) is 0 Å². The SMILES string of the molecule is CCOc1nc(Cl)nc(Oc2cc(Br)ccc2F)n1. The number of benzene rings is 1. The van der Waals surface area contributed by atoms with Crippen LogP contribution in [0, 0.1) is 5.82 Å². The Hall–Kier alpha value is -1.47. The zero-order chi connectivity index (χ0) is 13.8. The van der Waals surface area contributed by atoms with Gasteiger partial charge in [-0.15, -0.1) is 4.98 Å². The fraction of sp³-hybridized carbons (Fsp3) is 0.182. The highest BCUT2D eigenvalue weighted by atomic mass is 79.9. The van der Waals surface area contributed by atoms with E-state index in [2.05, 4.69) is 30.9 Å². The summed E-state index contributed by atoms with van der Waals surface area (Å²) >= 11 is 8.91. The van der Waals surface area contributed by atoms with Crippen LogP contribution in [0.25, 0.3) is 0 Å². The predicted octanol–water partition coefficient (Wildman–Crippen LogP) is 3.62. The van der Waals surface area contributed by atoms with E-state index in [0.29, 0.717) is 11.1 Å². The van der Waals surface area contributed by atoms with Crippen molar-refractivity contribution in [3.8, 4) is 17.8 Å². The molecule has 2 aromatic rings. The number of hydrogen-bond donors (Lipinski definition) is 0. The number of rotatable bonds is 4. The molecule has 0 aliphatic carbocycles. The molecule has 0 saturated heterocycles. The summed E-state index contributed by atoms with van der Waals surface area (Å²) < 4.78 is 24.5. The Morgan fingerprint density at radius 3 is 2.74 bits per heavy atom. The topological polar surface area (TPSA) is 57.1 Å². The van der Waals surface area contributed by atoms with Crippen LogP contribution in [0.15, 0.2) is 22.7 Å². The van der Waals surface area contributed by atoms with Crippen molar-refractivity contribution in [2.45, 2.75) is 6.92 Å². The lowest BCUT2D eigenvalue weighted by atomic mass is 10.3. The van der Waals surface area contributed by atoms with Crippen LogP contribution in [0.3, 0.4) is 0 Å². The molecule has 0 radical (unpaired) electrons. The van der Waals surface area contributed by atoms with Crippen molar-refractivity contribution in [3.63, 3.8) is 0 Å². The molecule has 1 heterocycles. The molecular weight excluding hydrogens is 340 g/mol. The van der Waals surface area contributed by atoms with Crippen molar-refractivity contribution in [2.75, 3.05) is 6.61 Å². The summed E-state index contributed by atoms with van der Waals surface area (Å²) in [5.41, 5.74) is 0. The molecule has 0 N–H and O–H groups in total. The summed E-state index contributed by atoms with van der Waals surface area (Å²) in [6.07, 6.45) is 0. The van der Waals surface area contributed by atoms with Gasteiger partial charge in [0.15, 0.2) is 11.6 Å². The predicted molar refractivity (Wildman–Crippen MR) is 70.2 cm³/mol. The Labute approximate surface area is 121 Å². The second-order valence-corrected chi connectivity index (χ2v) is 4.53. The second kappa shape index (κ2) is 6.12. The van der Waals surface area contributed by atoms with Gasteiger partial charge in [0.1, 0.15) is 0 Å². The third-order valence-electron chi connectivity index (χ3n) is 1.94. The van der Waals surface area contributed by atoms with Gasteiger partial charge in [-0.2, -0.15) is 9.97 Å². The van der Waals surface area contributed by atoms with Crippen molar-refractivity contribution in [1.82, 2.24) is 15.0 Å². The minimum atomic E-state index is -0.544. The molecule has 5 nitrogen and oxygen atoms in total. The Morgan fingerprint density at radius 1 is 1.26 bits per heavy atom. The standard InChI is InChI=1S/C11H8BrClFN3O2/c1-2-18-10-15-9(13)16-11(17-10)19-8-5-6(12)3-4-7(8)14/h3-5H,2H2,1H3. The van der Waals surface area contributed by atoms with E-state index in [1.54, 1.807) is 13.0 Å². The van der Waals surface area contributed by atoms with E-state index in [1.165, 1.54) is 12.1 Å². The number of hydrogen-bond acceptors (Lipinski definition) is 5. The molecule has 0 aliphatic heterocycles. The quantitative estimate of drug-likeness (QED) is 0.844. The lowest BCUT2D eigenvalue weighted by molar-refractivity contribution is 0.301. The van der Waals surface area contributed by atoms with E-state index in [0.717, 1.165) is 0 Å². The van der Waals surface area contributed by atoms with Gasteiger partial charge in [-0.05, 0) is 36.7 Å². The monoisotopic (exact) mass is 347 g/mol. The van der Waals surface area contributed by atoms with E-state index in [-0.39, 0.29) is 23.1 Å². The number of halogens is 3. The van der Waals surface area contributed by atoms with Crippen LogP contribution in [-0.2, 0) is 0 Å². The average Bonchev–Trinajstić information content (AvgIpc) is 2.33. The van der Waals surface area contributed by atoms with Crippen molar-refractivity contribution < 1.29 is 13.9 Å². The van der Waals surface area contributed by atoms with Gasteiger partial charge in [0.2, 0.25) is 5.28 Å². The van der Waals surface area contributed by atoms with Crippen LogP contribution in [0.1, 0.15) is 6.92 Å². The average molecular weight is 349 g/mol. The highest BCUT2D eigenvalue weighted by Gasteiger charge is 2.11. The molecule has 19 heavy (non-hydrogen) atoms. The second-order valence-electron chi connectivity index (χ2n) is 3.28. The normalized spacial score (nSPS) is 10.3. The zero-order valence-electron chi connectivity index (χ0n) is 9.73. The first kappa shape index (κ1) is 14.0. The molecule has 0 aliphatic rings. The van der Waals surface area contributed by atoms with Gasteiger partial charge < -0.3 is 9.47 Å². The van der Waals surface area contributed by atoms with Gasteiger partial charge in [0.05, 0.1) is 6.61 Å². The largest absolute Gasteiger partial charge is 0.464 e. The molecule has 0 unspecified atom stereocenters. The van der Waals surface area contributed by atoms with Crippen LogP contribution in [0.2, 0.25) is 5.28 Å². The van der Waals surface area contributed by atoms with Gasteiger partial charge in [0, 0.05) is 4.47 Å². The summed E-state index contributed by atoms with van der Waals surface area (Å²) in [5, 5.41) is -0.0937. The first-order chi connectivity index (χ1) is 9.08. The molecule has 0 saturated carbocycles. The van der Waals surface area contributed by atoms with Gasteiger partial charge in [-0.1, -0.05) is 15.9 Å². The van der Waals surface area contributed by atoms with E-state index >= 15 is 0 Å². The van der Waals surface area contributed by atoms with Crippen LogP contribution >= 0.6 is 27.5 Å². The van der Waals surface area contributed by atoms with Gasteiger partial charge in [-0.25, -0.2) is 4.39 Å². The Balaban J connectivity index is 2.29. The van der Waals surface area contributed by atoms with E-state index in [4.69, 9.17) is 21.1 Å². The van der Waals surface area contributed by atoms with E-state index < -0.39 is 5.82 Å². The molecule has 0 bridgehead atoms. The molecule has 8 heteroatoms. The van der Waals surface area contributed by atoms with Crippen LogP contribution < -0.4 is 9.47 Å². The first-order valence-corrected chi connectivity index (χ1v) is 6.43. The summed E-state index contributed by atoms with van der Waals surface area (Å²) in [5.74, 6) is -0.572. The lowest BCUT2D eigenvalue weighted by Gasteiger charge is -2.07. The molecule has 1 aromatic carbocycles. The third-order valence-corrected chi connectivity index (χ3v) is 2.60. The minimum Gasteiger partial charge on any atom is -0.464 e.